The van der Waals surface area contributed by atoms with E-state index >= 15 is 0 Å². The second kappa shape index (κ2) is 8.08. The van der Waals surface area contributed by atoms with Crippen LogP contribution in [0.2, 0.25) is 5.02 Å². The highest BCUT2D eigenvalue weighted by Gasteiger charge is 2.32. The third-order valence-electron chi connectivity index (χ3n) is 3.79. The molecule has 0 N–H and O–H groups in total. The molecule has 2 rings (SSSR count). The first-order valence-electron chi connectivity index (χ1n) is 7.23. The van der Waals surface area contributed by atoms with Crippen molar-refractivity contribution in [1.29, 1.82) is 0 Å². The Morgan fingerprint density at radius 3 is 2.12 bits per heavy atom. The fourth-order valence-corrected chi connectivity index (χ4v) is 4.69. The standard InChI is InChI=1S/C17H17ClF2O2S.CH4/c1-3-4-16(17-11(2)14(19)9-10-15(17)20)23(21,22)13-7-5-12(18)6-8-13;/h5-10,16H,3-4H2,1-2H3;1H4. The molecule has 24 heavy (non-hydrogen) atoms. The summed E-state index contributed by atoms with van der Waals surface area (Å²) in [6.07, 6.45) is 0.721. The van der Waals surface area contributed by atoms with E-state index in [1.54, 1.807) is 6.92 Å². The van der Waals surface area contributed by atoms with E-state index in [1.807, 2.05) is 0 Å². The molecule has 2 aromatic rings. The van der Waals surface area contributed by atoms with E-state index < -0.39 is 26.7 Å². The number of sulfone groups is 1. The topological polar surface area (TPSA) is 34.1 Å². The minimum absolute atomic E-state index is 0. The van der Waals surface area contributed by atoms with Gasteiger partial charge >= 0.3 is 0 Å². The molecule has 0 aliphatic carbocycles. The third-order valence-corrected chi connectivity index (χ3v) is 6.19. The van der Waals surface area contributed by atoms with Crippen molar-refractivity contribution < 1.29 is 17.2 Å². The summed E-state index contributed by atoms with van der Waals surface area (Å²) in [5.41, 5.74) is -0.0669. The smallest absolute Gasteiger partial charge is 0.185 e. The lowest BCUT2D eigenvalue weighted by Crippen LogP contribution is -2.17. The Kier molecular flexibility index (Phi) is 6.93. The predicted octanol–water partition coefficient (Wildman–Crippen LogP) is 5.88. The zero-order valence-electron chi connectivity index (χ0n) is 12.8. The molecular formula is C18H21ClF2O2S. The molecule has 1 atom stereocenters. The Morgan fingerprint density at radius 1 is 1.04 bits per heavy atom. The molecule has 0 fully saturated rings. The van der Waals surface area contributed by atoms with Gasteiger partial charge in [0.2, 0.25) is 0 Å². The van der Waals surface area contributed by atoms with Crippen LogP contribution in [0, 0.1) is 18.6 Å². The molecule has 0 aromatic heterocycles. The summed E-state index contributed by atoms with van der Waals surface area (Å²) in [6, 6.07) is 7.67. The van der Waals surface area contributed by atoms with Gasteiger partial charge in [-0.2, -0.15) is 0 Å². The number of rotatable bonds is 5. The maximum atomic E-state index is 14.3. The van der Waals surface area contributed by atoms with Gasteiger partial charge in [0.1, 0.15) is 11.6 Å². The molecule has 0 saturated carbocycles. The Labute approximate surface area is 147 Å². The van der Waals surface area contributed by atoms with Gasteiger partial charge in [-0.25, -0.2) is 17.2 Å². The zero-order chi connectivity index (χ0) is 17.2. The summed E-state index contributed by atoms with van der Waals surface area (Å²) in [5, 5.41) is -0.728. The second-order valence-electron chi connectivity index (χ2n) is 5.34. The first kappa shape index (κ1) is 20.6. The van der Waals surface area contributed by atoms with Crippen molar-refractivity contribution in [1.82, 2.24) is 0 Å². The Morgan fingerprint density at radius 2 is 1.58 bits per heavy atom. The Hall–Kier alpha value is -1.46. The van der Waals surface area contributed by atoms with Crippen molar-refractivity contribution in [2.45, 2.75) is 44.3 Å². The molecule has 2 aromatic carbocycles. The molecule has 2 nitrogen and oxygen atoms in total. The van der Waals surface area contributed by atoms with Crippen molar-refractivity contribution in [3.63, 3.8) is 0 Å². The molecule has 0 bridgehead atoms. The Bertz CT molecular complexity index is 803. The molecule has 0 aliphatic heterocycles. The molecule has 0 radical (unpaired) electrons. The summed E-state index contributed by atoms with van der Waals surface area (Å²) < 4.78 is 53.9. The van der Waals surface area contributed by atoms with Crippen LogP contribution in [0.15, 0.2) is 41.3 Å². The monoisotopic (exact) mass is 374 g/mol. The normalized spacial score (nSPS) is 12.5. The van der Waals surface area contributed by atoms with Crippen LogP contribution >= 0.6 is 11.6 Å². The van der Waals surface area contributed by atoms with E-state index in [9.17, 15) is 17.2 Å². The van der Waals surface area contributed by atoms with Gasteiger partial charge in [0, 0.05) is 10.6 Å². The van der Waals surface area contributed by atoms with Crippen molar-refractivity contribution in [3.8, 4) is 0 Å². The van der Waals surface area contributed by atoms with Crippen molar-refractivity contribution in [2.75, 3.05) is 0 Å². The van der Waals surface area contributed by atoms with Crippen LogP contribution in [0.5, 0.6) is 0 Å². The van der Waals surface area contributed by atoms with Crippen LogP contribution in [-0.2, 0) is 9.84 Å². The van der Waals surface area contributed by atoms with Gasteiger partial charge < -0.3 is 0 Å². The molecule has 0 saturated heterocycles. The average molecular weight is 375 g/mol. The fourth-order valence-electron chi connectivity index (χ4n) is 2.57. The van der Waals surface area contributed by atoms with Crippen molar-refractivity contribution in [3.05, 3.63) is 64.2 Å². The van der Waals surface area contributed by atoms with Crippen LogP contribution in [0.4, 0.5) is 8.78 Å². The summed E-state index contributed by atoms with van der Waals surface area (Å²) >= 11 is 5.79. The van der Waals surface area contributed by atoms with E-state index in [2.05, 4.69) is 0 Å². The molecule has 0 heterocycles. The van der Waals surface area contributed by atoms with Gasteiger partial charge in [-0.15, -0.1) is 0 Å². The van der Waals surface area contributed by atoms with Crippen molar-refractivity contribution >= 4 is 21.4 Å². The lowest BCUT2D eigenvalue weighted by molar-refractivity contribution is 0.545. The van der Waals surface area contributed by atoms with Gasteiger partial charge in [-0.3, -0.25) is 0 Å². The molecule has 0 aliphatic rings. The van der Waals surface area contributed by atoms with E-state index in [4.69, 9.17) is 11.6 Å². The number of hydrogen-bond acceptors (Lipinski definition) is 2. The van der Waals surface area contributed by atoms with E-state index in [0.29, 0.717) is 11.4 Å². The van der Waals surface area contributed by atoms with Crippen LogP contribution in [-0.4, -0.2) is 8.42 Å². The summed E-state index contributed by atoms with van der Waals surface area (Å²) in [6.45, 7) is 3.20. The summed E-state index contributed by atoms with van der Waals surface area (Å²) in [4.78, 5) is 0.0448. The largest absolute Gasteiger partial charge is 0.223 e. The highest BCUT2D eigenvalue weighted by molar-refractivity contribution is 7.91. The van der Waals surface area contributed by atoms with Crippen molar-refractivity contribution in [2.24, 2.45) is 0 Å². The number of benzene rings is 2. The summed E-state index contributed by atoms with van der Waals surface area (Å²) in [5.74, 6) is -1.33. The third kappa shape index (κ3) is 3.95. The highest BCUT2D eigenvalue weighted by Crippen LogP contribution is 2.37. The molecular weight excluding hydrogens is 354 g/mol. The molecule has 0 amide bonds. The van der Waals surface area contributed by atoms with E-state index in [1.165, 1.54) is 31.2 Å². The van der Waals surface area contributed by atoms with E-state index in [-0.39, 0.29) is 29.9 Å². The maximum absolute atomic E-state index is 14.3. The zero-order valence-corrected chi connectivity index (χ0v) is 14.4. The predicted molar refractivity (Wildman–Crippen MR) is 94.1 cm³/mol. The van der Waals surface area contributed by atoms with Gasteiger partial charge in [-0.05, 0) is 55.3 Å². The number of halogens is 3. The Balaban J connectivity index is 0.00000288. The quantitative estimate of drug-likeness (QED) is 0.655. The van der Waals surface area contributed by atoms with Gasteiger partial charge in [0.15, 0.2) is 9.84 Å². The van der Waals surface area contributed by atoms with Crippen LogP contribution in [0.25, 0.3) is 0 Å². The SMILES string of the molecule is C.CCCC(c1c(F)ccc(F)c1C)S(=O)(=O)c1ccc(Cl)cc1. The minimum Gasteiger partial charge on any atom is -0.223 e. The highest BCUT2D eigenvalue weighted by atomic mass is 35.5. The molecule has 0 spiro atoms. The first-order valence-corrected chi connectivity index (χ1v) is 9.15. The number of hydrogen-bond donors (Lipinski definition) is 0. The summed E-state index contributed by atoms with van der Waals surface area (Å²) in [7, 11) is -3.86. The molecule has 6 heteroatoms. The average Bonchev–Trinajstić information content (AvgIpc) is 2.51. The molecule has 132 valence electrons. The van der Waals surface area contributed by atoms with E-state index in [0.717, 1.165) is 12.1 Å². The van der Waals surface area contributed by atoms with Gasteiger partial charge in [-0.1, -0.05) is 32.4 Å². The fraction of sp³-hybridized carbons (Fsp3) is 0.333. The maximum Gasteiger partial charge on any atom is 0.185 e. The minimum atomic E-state index is -3.86. The lowest BCUT2D eigenvalue weighted by Gasteiger charge is -2.20. The van der Waals surface area contributed by atoms with Crippen LogP contribution in [0.1, 0.15) is 43.6 Å². The second-order valence-corrected chi connectivity index (χ2v) is 7.91. The lowest BCUT2D eigenvalue weighted by atomic mass is 10.0. The van der Waals surface area contributed by atoms with Gasteiger partial charge in [0.25, 0.3) is 0 Å². The first-order chi connectivity index (χ1) is 10.8. The van der Waals surface area contributed by atoms with Gasteiger partial charge in [0.05, 0.1) is 10.1 Å². The van der Waals surface area contributed by atoms with Crippen LogP contribution < -0.4 is 0 Å². The molecule has 1 unspecified atom stereocenters. The van der Waals surface area contributed by atoms with Crippen LogP contribution in [0.3, 0.4) is 0 Å².